The maximum Gasteiger partial charge on any atom is 0.343 e. The molecule has 0 saturated carbocycles. The fourth-order valence-electron chi connectivity index (χ4n) is 2.78. The summed E-state index contributed by atoms with van der Waals surface area (Å²) >= 11 is 0. The predicted octanol–water partition coefficient (Wildman–Crippen LogP) is 4.45. The molecule has 0 amide bonds. The molecule has 3 heteroatoms. The van der Waals surface area contributed by atoms with Gasteiger partial charge in [0.1, 0.15) is 5.76 Å². The van der Waals surface area contributed by atoms with Gasteiger partial charge in [-0.3, -0.25) is 0 Å². The molecule has 0 spiro atoms. The number of fused-ring (bicyclic) bond motifs is 1. The van der Waals surface area contributed by atoms with Gasteiger partial charge in [-0.25, -0.2) is 4.79 Å². The van der Waals surface area contributed by atoms with Crippen LogP contribution in [-0.4, -0.2) is 11.7 Å². The van der Waals surface area contributed by atoms with Gasteiger partial charge in [-0.05, 0) is 30.4 Å². The van der Waals surface area contributed by atoms with Crippen molar-refractivity contribution in [2.75, 3.05) is 6.61 Å². The summed E-state index contributed by atoms with van der Waals surface area (Å²) in [7, 11) is 0. The first kappa shape index (κ1) is 16.8. The van der Waals surface area contributed by atoms with Crippen molar-refractivity contribution in [3.63, 3.8) is 0 Å². The third-order valence-electron chi connectivity index (χ3n) is 4.05. The number of aliphatic hydroxyl groups excluding tert-OH is 1. The molecule has 1 heterocycles. The fourth-order valence-corrected chi connectivity index (χ4v) is 2.78. The molecular formula is C19H26O3. The Morgan fingerprint density at radius 3 is 2.23 bits per heavy atom. The number of rotatable bonds is 10. The van der Waals surface area contributed by atoms with E-state index in [1.165, 1.54) is 32.1 Å². The second-order valence-corrected chi connectivity index (χ2v) is 5.89. The largest absolute Gasteiger partial charge is 0.427 e. The monoisotopic (exact) mass is 302 g/mol. The van der Waals surface area contributed by atoms with E-state index in [4.69, 9.17) is 9.52 Å². The van der Waals surface area contributed by atoms with Gasteiger partial charge in [-0.2, -0.15) is 0 Å². The van der Waals surface area contributed by atoms with E-state index in [-0.39, 0.29) is 5.63 Å². The standard InChI is InChI=1S/C19H26O3/c20-14-10-6-4-2-1-3-5-7-12-17-15-16-11-8-9-13-18(16)19(21)22-17/h8-9,11,13,15,20H,1-7,10,12,14H2. The van der Waals surface area contributed by atoms with Crippen LogP contribution in [0.25, 0.3) is 10.8 Å². The molecule has 2 rings (SSSR count). The van der Waals surface area contributed by atoms with Crippen LogP contribution in [0.4, 0.5) is 0 Å². The lowest BCUT2D eigenvalue weighted by Crippen LogP contribution is -2.02. The molecule has 0 bridgehead atoms. The first-order valence-electron chi connectivity index (χ1n) is 8.44. The van der Waals surface area contributed by atoms with Gasteiger partial charge in [0.25, 0.3) is 0 Å². The Morgan fingerprint density at radius 2 is 1.50 bits per heavy atom. The molecule has 1 N–H and O–H groups in total. The molecule has 3 nitrogen and oxygen atoms in total. The Kier molecular flexibility index (Phi) is 7.17. The van der Waals surface area contributed by atoms with Gasteiger partial charge in [-0.15, -0.1) is 0 Å². The van der Waals surface area contributed by atoms with Crippen LogP contribution in [0.15, 0.2) is 39.5 Å². The van der Waals surface area contributed by atoms with Crippen LogP contribution in [0, 0.1) is 0 Å². The average molecular weight is 302 g/mol. The van der Waals surface area contributed by atoms with E-state index in [1.807, 2.05) is 30.3 Å². The molecule has 22 heavy (non-hydrogen) atoms. The maximum atomic E-state index is 11.9. The lowest BCUT2D eigenvalue weighted by atomic mass is 10.1. The number of hydrogen-bond acceptors (Lipinski definition) is 3. The van der Waals surface area contributed by atoms with Crippen molar-refractivity contribution in [1.29, 1.82) is 0 Å². The van der Waals surface area contributed by atoms with Crippen molar-refractivity contribution in [1.82, 2.24) is 0 Å². The molecule has 0 atom stereocenters. The normalized spacial score (nSPS) is 11.1. The van der Waals surface area contributed by atoms with Crippen molar-refractivity contribution in [2.45, 2.75) is 57.8 Å². The minimum absolute atomic E-state index is 0.225. The maximum absolute atomic E-state index is 11.9. The molecular weight excluding hydrogens is 276 g/mol. The Morgan fingerprint density at radius 1 is 0.864 bits per heavy atom. The minimum Gasteiger partial charge on any atom is -0.427 e. The van der Waals surface area contributed by atoms with Crippen LogP contribution < -0.4 is 5.63 Å². The number of aryl methyl sites for hydroxylation is 1. The lowest BCUT2D eigenvalue weighted by molar-refractivity contribution is 0.282. The van der Waals surface area contributed by atoms with Crippen LogP contribution >= 0.6 is 0 Å². The second kappa shape index (κ2) is 9.42. The number of hydrogen-bond donors (Lipinski definition) is 1. The molecule has 120 valence electrons. The van der Waals surface area contributed by atoms with E-state index < -0.39 is 0 Å². The molecule has 0 fully saturated rings. The zero-order valence-corrected chi connectivity index (χ0v) is 13.2. The molecule has 1 aromatic carbocycles. The fraction of sp³-hybridized carbons (Fsp3) is 0.526. The summed E-state index contributed by atoms with van der Waals surface area (Å²) in [5.74, 6) is 0.798. The highest BCUT2D eigenvalue weighted by Gasteiger charge is 2.03. The van der Waals surface area contributed by atoms with Crippen molar-refractivity contribution in [3.8, 4) is 0 Å². The molecule has 2 aromatic rings. The molecule has 0 aliphatic carbocycles. The summed E-state index contributed by atoms with van der Waals surface area (Å²) < 4.78 is 5.38. The van der Waals surface area contributed by atoms with E-state index in [1.54, 1.807) is 0 Å². The number of aliphatic hydroxyl groups is 1. The van der Waals surface area contributed by atoms with Crippen LogP contribution in [0.1, 0.15) is 57.1 Å². The molecule has 1 aromatic heterocycles. The summed E-state index contributed by atoms with van der Waals surface area (Å²) in [4.78, 5) is 11.9. The van der Waals surface area contributed by atoms with Crippen LogP contribution in [0.2, 0.25) is 0 Å². The van der Waals surface area contributed by atoms with Crippen LogP contribution in [0.5, 0.6) is 0 Å². The highest BCUT2D eigenvalue weighted by Crippen LogP contribution is 2.15. The quantitative estimate of drug-likeness (QED) is 0.660. The third kappa shape index (κ3) is 5.30. The van der Waals surface area contributed by atoms with Gasteiger partial charge >= 0.3 is 5.63 Å². The zero-order valence-electron chi connectivity index (χ0n) is 13.2. The zero-order chi connectivity index (χ0) is 15.6. The van der Waals surface area contributed by atoms with Gasteiger partial charge in [-0.1, -0.05) is 56.7 Å². The summed E-state index contributed by atoms with van der Waals surface area (Å²) in [6.45, 7) is 0.316. The number of benzene rings is 1. The first-order chi connectivity index (χ1) is 10.8. The molecule has 0 saturated heterocycles. The summed E-state index contributed by atoms with van der Waals surface area (Å²) in [6.07, 6.45) is 10.1. The van der Waals surface area contributed by atoms with Crippen molar-refractivity contribution in [3.05, 3.63) is 46.5 Å². The van der Waals surface area contributed by atoms with Crippen LogP contribution in [-0.2, 0) is 6.42 Å². The molecule has 0 unspecified atom stereocenters. The highest BCUT2D eigenvalue weighted by atomic mass is 16.4. The smallest absolute Gasteiger partial charge is 0.343 e. The first-order valence-corrected chi connectivity index (χ1v) is 8.44. The Labute approximate surface area is 132 Å². The van der Waals surface area contributed by atoms with Crippen molar-refractivity contribution < 1.29 is 9.52 Å². The number of unbranched alkanes of at least 4 members (excludes halogenated alkanes) is 7. The average Bonchev–Trinajstić information content (AvgIpc) is 2.53. The summed E-state index contributed by atoms with van der Waals surface area (Å²) in [6, 6.07) is 9.57. The summed E-state index contributed by atoms with van der Waals surface area (Å²) in [5.41, 5.74) is -0.225. The van der Waals surface area contributed by atoms with Gasteiger partial charge in [0.15, 0.2) is 0 Å². The minimum atomic E-state index is -0.225. The second-order valence-electron chi connectivity index (χ2n) is 5.89. The molecule has 0 radical (unpaired) electrons. The highest BCUT2D eigenvalue weighted by molar-refractivity contribution is 5.81. The van der Waals surface area contributed by atoms with E-state index >= 15 is 0 Å². The van der Waals surface area contributed by atoms with Gasteiger partial charge in [0.05, 0.1) is 5.39 Å². The Bertz CT molecular complexity index is 615. The van der Waals surface area contributed by atoms with E-state index in [2.05, 4.69) is 0 Å². The van der Waals surface area contributed by atoms with Gasteiger partial charge < -0.3 is 9.52 Å². The third-order valence-corrected chi connectivity index (χ3v) is 4.05. The summed E-state index contributed by atoms with van der Waals surface area (Å²) in [5, 5.41) is 10.3. The topological polar surface area (TPSA) is 50.4 Å². The molecule has 0 aliphatic heterocycles. The Hall–Kier alpha value is -1.61. The molecule has 0 aliphatic rings. The van der Waals surface area contributed by atoms with E-state index in [9.17, 15) is 4.79 Å². The van der Waals surface area contributed by atoms with Crippen LogP contribution in [0.3, 0.4) is 0 Å². The van der Waals surface area contributed by atoms with Crippen molar-refractivity contribution in [2.24, 2.45) is 0 Å². The van der Waals surface area contributed by atoms with Gasteiger partial charge in [0, 0.05) is 13.0 Å². The SMILES string of the molecule is O=c1oc(CCCCCCCCCCO)cc2ccccc12. The van der Waals surface area contributed by atoms with Crippen molar-refractivity contribution >= 4 is 10.8 Å². The predicted molar refractivity (Wildman–Crippen MR) is 90.2 cm³/mol. The van der Waals surface area contributed by atoms with E-state index in [0.29, 0.717) is 12.0 Å². The lowest BCUT2D eigenvalue weighted by Gasteiger charge is -2.03. The van der Waals surface area contributed by atoms with Gasteiger partial charge in [0.2, 0.25) is 0 Å². The Balaban J connectivity index is 1.68. The van der Waals surface area contributed by atoms with E-state index in [0.717, 1.165) is 36.8 Å².